The Balaban J connectivity index is 2.55. The van der Waals surface area contributed by atoms with Crippen molar-refractivity contribution in [2.24, 2.45) is 0 Å². The molecular weight excluding hydrogens is 223 g/mol. The van der Waals surface area contributed by atoms with E-state index in [2.05, 4.69) is 15.3 Å². The molecule has 1 aromatic heterocycles. The predicted molar refractivity (Wildman–Crippen MR) is 50.4 cm³/mol. The molecule has 90 valence electrons. The molecule has 0 spiro atoms. The van der Waals surface area contributed by atoms with E-state index < -0.39 is 24.5 Å². The van der Waals surface area contributed by atoms with Crippen LogP contribution in [0.4, 0.5) is 13.2 Å². The average molecular weight is 235 g/mol. The van der Waals surface area contributed by atoms with E-state index in [1.165, 1.54) is 6.20 Å². The van der Waals surface area contributed by atoms with E-state index in [9.17, 15) is 18.0 Å². The van der Waals surface area contributed by atoms with E-state index in [1.54, 1.807) is 13.1 Å². The van der Waals surface area contributed by atoms with Crippen LogP contribution in [-0.2, 0) is 4.79 Å². The molecular formula is C9H12F3N3O. The maximum Gasteiger partial charge on any atom is 0.397 e. The minimum Gasteiger partial charge on any atom is -0.347 e. The van der Waals surface area contributed by atoms with Crippen molar-refractivity contribution in [2.75, 3.05) is 0 Å². The van der Waals surface area contributed by atoms with Crippen molar-refractivity contribution in [3.63, 3.8) is 0 Å². The van der Waals surface area contributed by atoms with E-state index in [4.69, 9.17) is 0 Å². The Morgan fingerprint density at radius 3 is 2.75 bits per heavy atom. The normalized spacial score (nSPS) is 13.5. The molecule has 0 saturated carbocycles. The minimum absolute atomic E-state index is 0.457. The minimum atomic E-state index is -4.48. The quantitative estimate of drug-likeness (QED) is 0.837. The average Bonchev–Trinajstić information content (AvgIpc) is 2.63. The number of rotatable bonds is 4. The third kappa shape index (κ3) is 3.92. The molecule has 0 aliphatic carbocycles. The standard InChI is InChI=1S/C9H12F3N3O/c1-2-6(8-13-3-4-14-8)15-7(16)5-9(10,11)12/h3-4,6H,2,5H2,1H3,(H,13,14)(H,15,16). The van der Waals surface area contributed by atoms with Gasteiger partial charge in [0.25, 0.3) is 0 Å². The number of amides is 1. The summed E-state index contributed by atoms with van der Waals surface area (Å²) >= 11 is 0. The second-order valence-electron chi connectivity index (χ2n) is 3.29. The number of H-pyrrole nitrogens is 1. The molecule has 16 heavy (non-hydrogen) atoms. The third-order valence-corrected chi connectivity index (χ3v) is 1.95. The van der Waals surface area contributed by atoms with Crippen LogP contribution in [0, 0.1) is 0 Å². The van der Waals surface area contributed by atoms with Crippen LogP contribution >= 0.6 is 0 Å². The molecule has 1 aromatic rings. The maximum atomic E-state index is 11.9. The molecule has 0 radical (unpaired) electrons. The monoisotopic (exact) mass is 235 g/mol. The molecule has 0 bridgehead atoms. The predicted octanol–water partition coefficient (Wildman–Crippen LogP) is 1.93. The zero-order valence-corrected chi connectivity index (χ0v) is 8.64. The van der Waals surface area contributed by atoms with Gasteiger partial charge in [0.1, 0.15) is 12.2 Å². The molecule has 7 heteroatoms. The van der Waals surface area contributed by atoms with Gasteiger partial charge in [-0.3, -0.25) is 4.79 Å². The van der Waals surface area contributed by atoms with Gasteiger partial charge in [0.2, 0.25) is 5.91 Å². The van der Waals surface area contributed by atoms with Crippen LogP contribution in [-0.4, -0.2) is 22.1 Å². The van der Waals surface area contributed by atoms with Crippen LogP contribution in [0.5, 0.6) is 0 Å². The van der Waals surface area contributed by atoms with E-state index >= 15 is 0 Å². The topological polar surface area (TPSA) is 57.8 Å². The summed E-state index contributed by atoms with van der Waals surface area (Å²) in [6.45, 7) is 1.75. The number of imidazole rings is 1. The van der Waals surface area contributed by atoms with Gasteiger partial charge in [0, 0.05) is 12.4 Å². The van der Waals surface area contributed by atoms with Crippen molar-refractivity contribution in [1.82, 2.24) is 15.3 Å². The molecule has 1 atom stereocenters. The Hall–Kier alpha value is -1.53. The van der Waals surface area contributed by atoms with Gasteiger partial charge in [-0.15, -0.1) is 0 Å². The number of alkyl halides is 3. The van der Waals surface area contributed by atoms with E-state index in [-0.39, 0.29) is 0 Å². The molecule has 4 nitrogen and oxygen atoms in total. The van der Waals surface area contributed by atoms with Gasteiger partial charge in [0.05, 0.1) is 6.04 Å². The first-order chi connectivity index (χ1) is 7.42. The summed E-state index contributed by atoms with van der Waals surface area (Å²) in [4.78, 5) is 17.7. The van der Waals surface area contributed by atoms with Crippen molar-refractivity contribution in [3.05, 3.63) is 18.2 Å². The second-order valence-corrected chi connectivity index (χ2v) is 3.29. The fraction of sp³-hybridized carbons (Fsp3) is 0.556. The number of hydrogen-bond acceptors (Lipinski definition) is 2. The van der Waals surface area contributed by atoms with Gasteiger partial charge in [-0.05, 0) is 6.42 Å². The van der Waals surface area contributed by atoms with Gasteiger partial charge >= 0.3 is 6.18 Å². The first-order valence-electron chi connectivity index (χ1n) is 4.77. The number of aromatic nitrogens is 2. The van der Waals surface area contributed by atoms with Crippen LogP contribution < -0.4 is 5.32 Å². The van der Waals surface area contributed by atoms with Crippen molar-refractivity contribution in [2.45, 2.75) is 32.0 Å². The lowest BCUT2D eigenvalue weighted by molar-refractivity contribution is -0.154. The highest BCUT2D eigenvalue weighted by Crippen LogP contribution is 2.20. The molecule has 1 rings (SSSR count). The molecule has 0 aromatic carbocycles. The lowest BCUT2D eigenvalue weighted by Gasteiger charge is -2.15. The highest BCUT2D eigenvalue weighted by Gasteiger charge is 2.32. The molecule has 2 N–H and O–H groups in total. The van der Waals surface area contributed by atoms with Gasteiger partial charge in [-0.1, -0.05) is 6.92 Å². The number of carbonyl (C=O) groups excluding carboxylic acids is 1. The first-order valence-corrected chi connectivity index (χ1v) is 4.77. The first kappa shape index (κ1) is 12.5. The van der Waals surface area contributed by atoms with Crippen molar-refractivity contribution in [3.8, 4) is 0 Å². The summed E-state index contributed by atoms with van der Waals surface area (Å²) < 4.78 is 35.8. The van der Waals surface area contributed by atoms with Crippen molar-refractivity contribution >= 4 is 5.91 Å². The second kappa shape index (κ2) is 5.00. The third-order valence-electron chi connectivity index (χ3n) is 1.95. The summed E-state index contributed by atoms with van der Waals surface area (Å²) in [6, 6.07) is -0.509. The van der Waals surface area contributed by atoms with Crippen LogP contribution in [0.3, 0.4) is 0 Å². The van der Waals surface area contributed by atoms with Gasteiger partial charge in [-0.25, -0.2) is 4.98 Å². The van der Waals surface area contributed by atoms with Crippen LogP contribution in [0.25, 0.3) is 0 Å². The molecule has 0 aliphatic rings. The Kier molecular flexibility index (Phi) is 3.92. The number of hydrogen-bond donors (Lipinski definition) is 2. The maximum absolute atomic E-state index is 11.9. The lowest BCUT2D eigenvalue weighted by Crippen LogP contribution is -2.32. The fourth-order valence-electron chi connectivity index (χ4n) is 1.26. The Bertz CT molecular complexity index is 334. The van der Waals surface area contributed by atoms with Crippen LogP contribution in [0.2, 0.25) is 0 Å². The number of nitrogens with zero attached hydrogens (tertiary/aromatic N) is 1. The number of carbonyl (C=O) groups is 1. The lowest BCUT2D eigenvalue weighted by atomic mass is 10.2. The van der Waals surface area contributed by atoms with Crippen LogP contribution in [0.15, 0.2) is 12.4 Å². The largest absolute Gasteiger partial charge is 0.397 e. The van der Waals surface area contributed by atoms with Gasteiger partial charge in [-0.2, -0.15) is 13.2 Å². The zero-order chi connectivity index (χ0) is 12.2. The number of halogens is 3. The zero-order valence-electron chi connectivity index (χ0n) is 8.64. The summed E-state index contributed by atoms with van der Waals surface area (Å²) in [6.07, 6.45) is -2.45. The Labute approximate surface area is 90.3 Å². The molecule has 0 fully saturated rings. The molecule has 1 amide bonds. The van der Waals surface area contributed by atoms with E-state index in [0.717, 1.165) is 0 Å². The Morgan fingerprint density at radius 1 is 1.62 bits per heavy atom. The highest BCUT2D eigenvalue weighted by atomic mass is 19.4. The summed E-state index contributed by atoms with van der Waals surface area (Å²) in [5, 5.41) is 2.27. The summed E-state index contributed by atoms with van der Waals surface area (Å²) in [5.41, 5.74) is 0. The fourth-order valence-corrected chi connectivity index (χ4v) is 1.26. The van der Waals surface area contributed by atoms with Crippen molar-refractivity contribution in [1.29, 1.82) is 0 Å². The molecule has 0 saturated heterocycles. The SMILES string of the molecule is CCC(NC(=O)CC(F)(F)F)c1ncc[nH]1. The molecule has 1 unspecified atom stereocenters. The Morgan fingerprint density at radius 2 is 2.31 bits per heavy atom. The van der Waals surface area contributed by atoms with E-state index in [1.807, 2.05) is 0 Å². The molecule has 0 aliphatic heterocycles. The van der Waals surface area contributed by atoms with Crippen LogP contribution in [0.1, 0.15) is 31.6 Å². The van der Waals surface area contributed by atoms with Gasteiger partial charge < -0.3 is 10.3 Å². The summed E-state index contributed by atoms with van der Waals surface area (Å²) in [5.74, 6) is -0.589. The van der Waals surface area contributed by atoms with E-state index in [0.29, 0.717) is 12.2 Å². The van der Waals surface area contributed by atoms with Crippen molar-refractivity contribution < 1.29 is 18.0 Å². The number of nitrogens with one attached hydrogen (secondary N) is 2. The molecule has 1 heterocycles. The van der Waals surface area contributed by atoms with Gasteiger partial charge in [0.15, 0.2) is 0 Å². The summed E-state index contributed by atoms with van der Waals surface area (Å²) in [7, 11) is 0. The number of aromatic amines is 1. The smallest absolute Gasteiger partial charge is 0.347 e. The highest BCUT2D eigenvalue weighted by molar-refractivity contribution is 5.76.